The Labute approximate surface area is 101 Å². The molecule has 2 nitrogen and oxygen atoms in total. The van der Waals surface area contributed by atoms with Crippen molar-refractivity contribution in [2.75, 3.05) is 0 Å². The Bertz CT molecular complexity index is 154. The molecule has 0 aromatic heterocycles. The second-order valence-electron chi connectivity index (χ2n) is 5.99. The van der Waals surface area contributed by atoms with Crippen molar-refractivity contribution in [3.63, 3.8) is 0 Å². The maximum absolute atomic E-state index is 9.57. The van der Waals surface area contributed by atoms with Gasteiger partial charge >= 0.3 is 0 Å². The molecule has 0 aromatic carbocycles. The van der Waals surface area contributed by atoms with Gasteiger partial charge in [-0.05, 0) is 50.4 Å². The van der Waals surface area contributed by atoms with Gasteiger partial charge in [-0.1, -0.05) is 27.7 Å². The van der Waals surface area contributed by atoms with E-state index in [1.165, 1.54) is 0 Å². The summed E-state index contributed by atoms with van der Waals surface area (Å²) in [5.41, 5.74) is 0. The van der Waals surface area contributed by atoms with Gasteiger partial charge in [-0.25, -0.2) is 0 Å². The lowest BCUT2D eigenvalue weighted by molar-refractivity contribution is 0.0641. The summed E-state index contributed by atoms with van der Waals surface area (Å²) in [5.74, 6) is 2.10. The van der Waals surface area contributed by atoms with Crippen molar-refractivity contribution in [3.8, 4) is 0 Å². The van der Waals surface area contributed by atoms with Crippen molar-refractivity contribution in [1.82, 2.24) is 0 Å². The topological polar surface area (TPSA) is 40.5 Å². The van der Waals surface area contributed by atoms with Crippen LogP contribution in [0.2, 0.25) is 0 Å². The van der Waals surface area contributed by atoms with Gasteiger partial charge in [-0.15, -0.1) is 0 Å². The molecule has 0 aliphatic rings. The van der Waals surface area contributed by atoms with Gasteiger partial charge in [-0.2, -0.15) is 0 Å². The second kappa shape index (κ2) is 7.29. The summed E-state index contributed by atoms with van der Waals surface area (Å²) in [7, 11) is 0. The molecule has 0 aliphatic carbocycles. The van der Waals surface area contributed by atoms with E-state index in [0.29, 0.717) is 23.7 Å². The largest absolute Gasteiger partial charge is 0.393 e. The first kappa shape index (κ1) is 15.9. The minimum absolute atomic E-state index is 0.248. The summed E-state index contributed by atoms with van der Waals surface area (Å²) in [6, 6.07) is 0. The Hall–Kier alpha value is -0.0800. The second-order valence-corrected chi connectivity index (χ2v) is 5.99. The molecular weight excluding hydrogens is 200 g/mol. The molecule has 0 spiro atoms. The van der Waals surface area contributed by atoms with Crippen LogP contribution in [0.15, 0.2) is 0 Å². The van der Waals surface area contributed by atoms with Crippen LogP contribution >= 0.6 is 0 Å². The molecule has 4 unspecified atom stereocenters. The van der Waals surface area contributed by atoms with Gasteiger partial charge in [-0.3, -0.25) is 0 Å². The molecular formula is C14H30O2. The molecule has 0 rings (SSSR count). The molecule has 0 saturated heterocycles. The summed E-state index contributed by atoms with van der Waals surface area (Å²) in [6.07, 6.45) is 1.19. The molecule has 0 heterocycles. The summed E-state index contributed by atoms with van der Waals surface area (Å²) < 4.78 is 0. The Balaban J connectivity index is 4.66. The maximum Gasteiger partial charge on any atom is 0.0515 e. The Morgan fingerprint density at radius 1 is 0.625 bits per heavy atom. The lowest BCUT2D eigenvalue weighted by Gasteiger charge is -2.35. The predicted molar refractivity (Wildman–Crippen MR) is 69.3 cm³/mol. The van der Waals surface area contributed by atoms with Crippen LogP contribution in [-0.4, -0.2) is 22.4 Å². The van der Waals surface area contributed by atoms with Crippen molar-refractivity contribution in [2.45, 2.75) is 66.6 Å². The van der Waals surface area contributed by atoms with Crippen LogP contribution in [0.1, 0.15) is 54.4 Å². The average Bonchev–Trinajstić information content (AvgIpc) is 2.09. The van der Waals surface area contributed by atoms with Crippen molar-refractivity contribution in [1.29, 1.82) is 0 Å². The highest BCUT2D eigenvalue weighted by atomic mass is 16.3. The molecule has 0 amide bonds. The van der Waals surface area contributed by atoms with E-state index in [1.807, 2.05) is 13.8 Å². The number of aliphatic hydroxyl groups excluding tert-OH is 2. The summed E-state index contributed by atoms with van der Waals surface area (Å²) in [5, 5.41) is 19.1. The molecule has 16 heavy (non-hydrogen) atoms. The van der Waals surface area contributed by atoms with Gasteiger partial charge in [0.05, 0.1) is 12.2 Å². The standard InChI is InChI=1S/C14H30O2/c1-9(2)13(7-11(5)15)14(10(3)4)8-12(6)16/h9-16H,7-8H2,1-6H3. The van der Waals surface area contributed by atoms with Gasteiger partial charge < -0.3 is 10.2 Å². The highest BCUT2D eigenvalue weighted by molar-refractivity contribution is 4.78. The van der Waals surface area contributed by atoms with Gasteiger partial charge in [0, 0.05) is 0 Å². The van der Waals surface area contributed by atoms with E-state index in [9.17, 15) is 10.2 Å². The Morgan fingerprint density at radius 2 is 0.875 bits per heavy atom. The first-order valence-electron chi connectivity index (χ1n) is 6.61. The average molecular weight is 230 g/mol. The van der Waals surface area contributed by atoms with Crippen LogP contribution in [0.25, 0.3) is 0 Å². The fourth-order valence-electron chi connectivity index (χ4n) is 2.67. The first-order chi connectivity index (χ1) is 7.25. The maximum atomic E-state index is 9.57. The van der Waals surface area contributed by atoms with Crippen molar-refractivity contribution in [3.05, 3.63) is 0 Å². The Morgan fingerprint density at radius 3 is 1.00 bits per heavy atom. The minimum Gasteiger partial charge on any atom is -0.393 e. The molecule has 4 atom stereocenters. The molecule has 0 fully saturated rings. The summed E-state index contributed by atoms with van der Waals surface area (Å²) in [4.78, 5) is 0. The van der Waals surface area contributed by atoms with Crippen LogP contribution in [0, 0.1) is 23.7 Å². The summed E-state index contributed by atoms with van der Waals surface area (Å²) >= 11 is 0. The Kier molecular flexibility index (Phi) is 7.25. The summed E-state index contributed by atoms with van der Waals surface area (Å²) in [6.45, 7) is 12.6. The number of aliphatic hydroxyl groups is 2. The van der Waals surface area contributed by atoms with E-state index in [4.69, 9.17) is 0 Å². The molecule has 0 radical (unpaired) electrons. The number of hydrogen-bond donors (Lipinski definition) is 2. The van der Waals surface area contributed by atoms with Crippen LogP contribution in [0.5, 0.6) is 0 Å². The van der Waals surface area contributed by atoms with E-state index in [1.54, 1.807) is 0 Å². The number of hydrogen-bond acceptors (Lipinski definition) is 2. The SMILES string of the molecule is CC(O)CC(C(C)C)C(CC(C)O)C(C)C. The molecule has 2 N–H and O–H groups in total. The van der Waals surface area contributed by atoms with E-state index >= 15 is 0 Å². The lowest BCUT2D eigenvalue weighted by Crippen LogP contribution is -2.30. The molecule has 2 heteroatoms. The van der Waals surface area contributed by atoms with Crippen molar-refractivity contribution in [2.24, 2.45) is 23.7 Å². The fourth-order valence-corrected chi connectivity index (χ4v) is 2.67. The van der Waals surface area contributed by atoms with E-state index in [0.717, 1.165) is 12.8 Å². The molecule has 0 bridgehead atoms. The minimum atomic E-state index is -0.248. The number of rotatable bonds is 7. The quantitative estimate of drug-likeness (QED) is 0.705. The first-order valence-corrected chi connectivity index (χ1v) is 6.61. The predicted octanol–water partition coefficient (Wildman–Crippen LogP) is 3.07. The lowest BCUT2D eigenvalue weighted by atomic mass is 9.72. The molecule has 98 valence electrons. The van der Waals surface area contributed by atoms with Gasteiger partial charge in [0.15, 0.2) is 0 Å². The smallest absolute Gasteiger partial charge is 0.0515 e. The zero-order valence-electron chi connectivity index (χ0n) is 11.8. The normalized spacial score (nSPS) is 19.9. The zero-order valence-corrected chi connectivity index (χ0v) is 11.8. The van der Waals surface area contributed by atoms with Crippen LogP contribution in [-0.2, 0) is 0 Å². The van der Waals surface area contributed by atoms with Crippen LogP contribution in [0.4, 0.5) is 0 Å². The molecule has 0 aliphatic heterocycles. The van der Waals surface area contributed by atoms with Crippen LogP contribution < -0.4 is 0 Å². The van der Waals surface area contributed by atoms with Gasteiger partial charge in [0.1, 0.15) is 0 Å². The van der Waals surface area contributed by atoms with Gasteiger partial charge in [0.25, 0.3) is 0 Å². The monoisotopic (exact) mass is 230 g/mol. The fraction of sp³-hybridized carbons (Fsp3) is 1.00. The van der Waals surface area contributed by atoms with E-state index in [-0.39, 0.29) is 12.2 Å². The van der Waals surface area contributed by atoms with Crippen molar-refractivity contribution >= 4 is 0 Å². The van der Waals surface area contributed by atoms with E-state index in [2.05, 4.69) is 27.7 Å². The zero-order chi connectivity index (χ0) is 12.9. The third-order valence-corrected chi connectivity index (χ3v) is 3.49. The van der Waals surface area contributed by atoms with E-state index < -0.39 is 0 Å². The third-order valence-electron chi connectivity index (χ3n) is 3.49. The van der Waals surface area contributed by atoms with Crippen LogP contribution in [0.3, 0.4) is 0 Å². The highest BCUT2D eigenvalue weighted by Crippen LogP contribution is 2.34. The van der Waals surface area contributed by atoms with Gasteiger partial charge in [0.2, 0.25) is 0 Å². The third kappa shape index (κ3) is 5.86. The van der Waals surface area contributed by atoms with Crippen molar-refractivity contribution < 1.29 is 10.2 Å². The highest BCUT2D eigenvalue weighted by Gasteiger charge is 2.28. The molecule has 0 aromatic rings. The molecule has 0 saturated carbocycles.